The third-order valence-electron chi connectivity index (χ3n) is 2.37. The van der Waals surface area contributed by atoms with E-state index in [2.05, 4.69) is 4.98 Å². The summed E-state index contributed by atoms with van der Waals surface area (Å²) in [5.74, 6) is -0.516. The van der Waals surface area contributed by atoms with Crippen molar-refractivity contribution in [1.29, 1.82) is 5.26 Å². The Morgan fingerprint density at radius 1 is 1.47 bits per heavy atom. The molecule has 1 N–H and O–H groups in total. The molecule has 0 saturated carbocycles. The number of imidazole rings is 1. The van der Waals surface area contributed by atoms with Crippen molar-refractivity contribution in [2.24, 2.45) is 0 Å². The quantitative estimate of drug-likeness (QED) is 0.869. The van der Waals surface area contributed by atoms with Gasteiger partial charge in [-0.2, -0.15) is 5.26 Å². The van der Waals surface area contributed by atoms with E-state index in [4.69, 9.17) is 10.4 Å². The van der Waals surface area contributed by atoms with Gasteiger partial charge in [0.25, 0.3) is 0 Å². The number of aromatic nitrogens is 2. The lowest BCUT2D eigenvalue weighted by Gasteiger charge is -2.03. The lowest BCUT2D eigenvalue weighted by Crippen LogP contribution is -1.98. The molecular formula is C12H10FN3O. The van der Waals surface area contributed by atoms with Gasteiger partial charge in [0.1, 0.15) is 11.9 Å². The van der Waals surface area contributed by atoms with Crippen LogP contribution >= 0.6 is 0 Å². The van der Waals surface area contributed by atoms with Crippen LogP contribution in [0.5, 0.6) is 0 Å². The molecule has 17 heavy (non-hydrogen) atoms. The smallest absolute Gasteiger partial charge is 0.140 e. The minimum absolute atomic E-state index is 0.0324. The average Bonchev–Trinajstić information content (AvgIpc) is 2.79. The van der Waals surface area contributed by atoms with Gasteiger partial charge in [-0.1, -0.05) is 6.07 Å². The molecule has 0 atom stereocenters. The fraction of sp³-hybridized carbons (Fsp3) is 0.167. The molecule has 1 heterocycles. The molecule has 0 fully saturated rings. The maximum Gasteiger partial charge on any atom is 0.140 e. The van der Waals surface area contributed by atoms with Crippen molar-refractivity contribution in [1.82, 2.24) is 9.55 Å². The fourth-order valence-corrected chi connectivity index (χ4v) is 1.54. The lowest BCUT2D eigenvalue weighted by molar-refractivity contribution is 0.277. The Balaban J connectivity index is 2.21. The van der Waals surface area contributed by atoms with E-state index in [9.17, 15) is 4.39 Å². The second-order valence-electron chi connectivity index (χ2n) is 3.62. The summed E-state index contributed by atoms with van der Waals surface area (Å²) in [7, 11) is 0. The SMILES string of the molecule is N#Cc1cc(Cn2cnc(CO)c2)ccc1F. The van der Waals surface area contributed by atoms with Gasteiger partial charge in [-0.25, -0.2) is 9.37 Å². The van der Waals surface area contributed by atoms with Gasteiger partial charge >= 0.3 is 0 Å². The maximum absolute atomic E-state index is 13.1. The average molecular weight is 231 g/mol. The highest BCUT2D eigenvalue weighted by atomic mass is 19.1. The molecule has 1 aromatic heterocycles. The molecule has 86 valence electrons. The summed E-state index contributed by atoms with van der Waals surface area (Å²) in [5, 5.41) is 17.6. The number of hydrogen-bond acceptors (Lipinski definition) is 3. The number of hydrogen-bond donors (Lipinski definition) is 1. The van der Waals surface area contributed by atoms with Crippen LogP contribution in [0.15, 0.2) is 30.7 Å². The molecule has 0 unspecified atom stereocenters. The van der Waals surface area contributed by atoms with E-state index < -0.39 is 5.82 Å². The standard InChI is InChI=1S/C12H10FN3O/c13-12-2-1-9(3-10(12)4-14)5-16-6-11(7-17)15-8-16/h1-3,6,8,17H,5,7H2. The summed E-state index contributed by atoms with van der Waals surface area (Å²) in [5.41, 5.74) is 1.42. The Hall–Kier alpha value is -2.19. The van der Waals surface area contributed by atoms with Crippen molar-refractivity contribution in [3.8, 4) is 6.07 Å². The number of nitriles is 1. The highest BCUT2D eigenvalue weighted by Crippen LogP contribution is 2.11. The minimum Gasteiger partial charge on any atom is -0.390 e. The van der Waals surface area contributed by atoms with E-state index in [1.165, 1.54) is 12.1 Å². The van der Waals surface area contributed by atoms with Gasteiger partial charge in [0.05, 0.1) is 24.2 Å². The monoisotopic (exact) mass is 231 g/mol. The van der Waals surface area contributed by atoms with Crippen LogP contribution in [0.1, 0.15) is 16.8 Å². The van der Waals surface area contributed by atoms with Crippen LogP contribution in [0, 0.1) is 17.1 Å². The van der Waals surface area contributed by atoms with Crippen molar-refractivity contribution in [2.45, 2.75) is 13.2 Å². The fourth-order valence-electron chi connectivity index (χ4n) is 1.54. The van der Waals surface area contributed by atoms with Crippen LogP contribution in [0.4, 0.5) is 4.39 Å². The van der Waals surface area contributed by atoms with E-state index in [0.29, 0.717) is 12.2 Å². The van der Waals surface area contributed by atoms with Gasteiger partial charge in [-0.05, 0) is 17.7 Å². The number of nitrogens with zero attached hydrogens (tertiary/aromatic N) is 3. The zero-order chi connectivity index (χ0) is 12.3. The van der Waals surface area contributed by atoms with Crippen molar-refractivity contribution < 1.29 is 9.50 Å². The van der Waals surface area contributed by atoms with Gasteiger partial charge in [0, 0.05) is 12.7 Å². The predicted octanol–water partition coefficient (Wildman–Crippen LogP) is 1.43. The number of rotatable bonds is 3. The molecule has 0 radical (unpaired) electrons. The Morgan fingerprint density at radius 3 is 2.94 bits per heavy atom. The molecule has 0 amide bonds. The molecule has 0 bridgehead atoms. The van der Waals surface area contributed by atoms with Gasteiger partial charge in [-0.15, -0.1) is 0 Å². The normalized spacial score (nSPS) is 10.2. The van der Waals surface area contributed by atoms with E-state index in [-0.39, 0.29) is 12.2 Å². The highest BCUT2D eigenvalue weighted by molar-refractivity contribution is 5.34. The van der Waals surface area contributed by atoms with Gasteiger partial charge in [0.2, 0.25) is 0 Å². The highest BCUT2D eigenvalue weighted by Gasteiger charge is 2.04. The zero-order valence-corrected chi connectivity index (χ0v) is 8.97. The minimum atomic E-state index is -0.516. The van der Waals surface area contributed by atoms with E-state index in [1.807, 2.05) is 0 Å². The summed E-state index contributed by atoms with van der Waals surface area (Å²) >= 11 is 0. The van der Waals surface area contributed by atoms with Crippen molar-refractivity contribution >= 4 is 0 Å². The van der Waals surface area contributed by atoms with Crippen LogP contribution in [0.25, 0.3) is 0 Å². The van der Waals surface area contributed by atoms with Crippen LogP contribution in [-0.4, -0.2) is 14.7 Å². The maximum atomic E-state index is 13.1. The summed E-state index contributed by atoms with van der Waals surface area (Å²) < 4.78 is 14.9. The molecular weight excluding hydrogens is 221 g/mol. The largest absolute Gasteiger partial charge is 0.390 e. The van der Waals surface area contributed by atoms with E-state index in [1.54, 1.807) is 29.2 Å². The second-order valence-corrected chi connectivity index (χ2v) is 3.62. The van der Waals surface area contributed by atoms with Gasteiger partial charge in [0.15, 0.2) is 0 Å². The van der Waals surface area contributed by atoms with Crippen molar-refractivity contribution in [2.75, 3.05) is 0 Å². The van der Waals surface area contributed by atoms with Crippen LogP contribution in [0.2, 0.25) is 0 Å². The van der Waals surface area contributed by atoms with Crippen molar-refractivity contribution in [3.63, 3.8) is 0 Å². The molecule has 2 rings (SSSR count). The molecule has 0 aliphatic rings. The van der Waals surface area contributed by atoms with Crippen molar-refractivity contribution in [3.05, 3.63) is 53.4 Å². The van der Waals surface area contributed by atoms with E-state index in [0.717, 1.165) is 5.56 Å². The molecule has 1 aromatic carbocycles. The van der Waals surface area contributed by atoms with Gasteiger partial charge < -0.3 is 9.67 Å². The number of halogens is 1. The third-order valence-corrected chi connectivity index (χ3v) is 2.37. The number of benzene rings is 1. The van der Waals surface area contributed by atoms with E-state index >= 15 is 0 Å². The molecule has 5 heteroatoms. The summed E-state index contributed by atoms with van der Waals surface area (Å²) in [6, 6.07) is 6.20. The molecule has 0 aliphatic carbocycles. The Bertz CT molecular complexity index is 571. The first-order valence-corrected chi connectivity index (χ1v) is 5.03. The molecule has 0 aliphatic heterocycles. The number of aliphatic hydroxyl groups is 1. The lowest BCUT2D eigenvalue weighted by atomic mass is 10.1. The van der Waals surface area contributed by atoms with Crippen LogP contribution in [-0.2, 0) is 13.2 Å². The molecule has 0 spiro atoms. The number of aliphatic hydroxyl groups excluding tert-OH is 1. The predicted molar refractivity (Wildman–Crippen MR) is 58.4 cm³/mol. The zero-order valence-electron chi connectivity index (χ0n) is 8.97. The Labute approximate surface area is 97.6 Å². The summed E-state index contributed by atoms with van der Waals surface area (Å²) in [6.07, 6.45) is 3.29. The summed E-state index contributed by atoms with van der Waals surface area (Å²) in [6.45, 7) is 0.377. The van der Waals surface area contributed by atoms with Crippen LogP contribution in [0.3, 0.4) is 0 Å². The Kier molecular flexibility index (Phi) is 3.17. The first-order valence-electron chi connectivity index (χ1n) is 5.03. The topological polar surface area (TPSA) is 61.8 Å². The first-order chi connectivity index (χ1) is 8.22. The molecule has 0 saturated heterocycles. The Morgan fingerprint density at radius 2 is 2.29 bits per heavy atom. The van der Waals surface area contributed by atoms with Gasteiger partial charge in [-0.3, -0.25) is 0 Å². The van der Waals surface area contributed by atoms with Crippen LogP contribution < -0.4 is 0 Å². The molecule has 2 aromatic rings. The third kappa shape index (κ3) is 2.49. The summed E-state index contributed by atoms with van der Waals surface area (Å²) in [4.78, 5) is 3.96. The second kappa shape index (κ2) is 4.76. The molecule has 4 nitrogen and oxygen atoms in total. The first kappa shape index (κ1) is 11.3.